The van der Waals surface area contributed by atoms with Crippen molar-refractivity contribution in [3.8, 4) is 11.1 Å². The standard InChI is InChI=1S/C17H18F2N4O/c1-3-12(9-24)22-17-13-4-11(18)5-15(19)16(13)14(7-20-17)10-6-21-23(2)8-10/h4-8,12,24H,3,9H2,1-2H3,(H,20,22). The molecule has 0 fully saturated rings. The highest BCUT2D eigenvalue weighted by atomic mass is 19.1. The van der Waals surface area contributed by atoms with Gasteiger partial charge in [0.05, 0.1) is 18.8 Å². The maximum Gasteiger partial charge on any atom is 0.134 e. The molecule has 0 aliphatic carbocycles. The predicted octanol–water partition coefficient (Wildman–Crippen LogP) is 3.10. The van der Waals surface area contributed by atoms with Crippen LogP contribution >= 0.6 is 0 Å². The summed E-state index contributed by atoms with van der Waals surface area (Å²) in [5.41, 5.74) is 1.24. The van der Waals surface area contributed by atoms with Crippen LogP contribution in [0.25, 0.3) is 21.9 Å². The molecule has 0 amide bonds. The normalized spacial score (nSPS) is 12.5. The molecule has 2 N–H and O–H groups in total. The Kier molecular flexibility index (Phi) is 4.44. The number of benzene rings is 1. The molecule has 3 aromatic rings. The fraction of sp³-hybridized carbons (Fsp3) is 0.294. The van der Waals surface area contributed by atoms with Gasteiger partial charge in [-0.1, -0.05) is 6.92 Å². The number of aliphatic hydroxyl groups excluding tert-OH is 1. The smallest absolute Gasteiger partial charge is 0.134 e. The molecular weight excluding hydrogens is 314 g/mol. The average molecular weight is 332 g/mol. The van der Waals surface area contributed by atoms with Gasteiger partial charge in [-0.3, -0.25) is 4.68 Å². The van der Waals surface area contributed by atoms with Crippen molar-refractivity contribution < 1.29 is 13.9 Å². The van der Waals surface area contributed by atoms with Gasteiger partial charge in [-0.15, -0.1) is 0 Å². The van der Waals surface area contributed by atoms with Crippen LogP contribution in [-0.4, -0.2) is 32.5 Å². The lowest BCUT2D eigenvalue weighted by molar-refractivity contribution is 0.271. The molecule has 1 aromatic carbocycles. The van der Waals surface area contributed by atoms with Crippen LogP contribution in [-0.2, 0) is 7.05 Å². The molecule has 3 rings (SSSR count). The summed E-state index contributed by atoms with van der Waals surface area (Å²) in [6, 6.07) is 1.86. The van der Waals surface area contributed by atoms with Crippen molar-refractivity contribution in [3.05, 3.63) is 42.4 Å². The third-order valence-electron chi connectivity index (χ3n) is 3.97. The number of pyridine rings is 1. The molecule has 0 spiro atoms. The van der Waals surface area contributed by atoms with Crippen LogP contribution in [0, 0.1) is 11.6 Å². The number of fused-ring (bicyclic) bond motifs is 1. The summed E-state index contributed by atoms with van der Waals surface area (Å²) < 4.78 is 29.9. The molecule has 0 saturated carbocycles. The third kappa shape index (κ3) is 2.94. The summed E-state index contributed by atoms with van der Waals surface area (Å²) in [6.45, 7) is 1.81. The Morgan fingerprint density at radius 1 is 1.29 bits per heavy atom. The number of rotatable bonds is 5. The lowest BCUT2D eigenvalue weighted by atomic mass is 10.0. The van der Waals surface area contributed by atoms with Crippen LogP contribution in [0.5, 0.6) is 0 Å². The zero-order valence-electron chi connectivity index (χ0n) is 13.4. The number of hydrogen-bond donors (Lipinski definition) is 2. The van der Waals surface area contributed by atoms with Crippen molar-refractivity contribution in [1.29, 1.82) is 0 Å². The van der Waals surface area contributed by atoms with E-state index in [1.165, 1.54) is 12.3 Å². The van der Waals surface area contributed by atoms with E-state index in [-0.39, 0.29) is 18.0 Å². The highest BCUT2D eigenvalue weighted by molar-refractivity contribution is 6.02. The van der Waals surface area contributed by atoms with Crippen LogP contribution in [0.3, 0.4) is 0 Å². The predicted molar refractivity (Wildman–Crippen MR) is 88.6 cm³/mol. The molecule has 0 radical (unpaired) electrons. The third-order valence-corrected chi connectivity index (χ3v) is 3.97. The maximum absolute atomic E-state index is 14.5. The summed E-state index contributed by atoms with van der Waals surface area (Å²) in [5, 5.41) is 17.1. The van der Waals surface area contributed by atoms with Gasteiger partial charge in [0.2, 0.25) is 0 Å². The van der Waals surface area contributed by atoms with Crippen LogP contribution in [0.4, 0.5) is 14.6 Å². The van der Waals surface area contributed by atoms with Gasteiger partial charge in [-0.05, 0) is 12.5 Å². The Balaban J connectivity index is 2.23. The molecule has 2 heterocycles. The first kappa shape index (κ1) is 16.3. The number of halogens is 2. The second kappa shape index (κ2) is 6.52. The van der Waals surface area contributed by atoms with Gasteiger partial charge in [0.25, 0.3) is 0 Å². The number of nitrogens with one attached hydrogen (secondary N) is 1. The second-order valence-electron chi connectivity index (χ2n) is 5.67. The van der Waals surface area contributed by atoms with Crippen molar-refractivity contribution in [2.75, 3.05) is 11.9 Å². The Bertz CT molecular complexity index is 874. The molecule has 2 aromatic heterocycles. The Morgan fingerprint density at radius 3 is 2.71 bits per heavy atom. The largest absolute Gasteiger partial charge is 0.394 e. The number of nitrogens with zero attached hydrogens (tertiary/aromatic N) is 3. The van der Waals surface area contributed by atoms with Crippen LogP contribution in [0.15, 0.2) is 30.7 Å². The van der Waals surface area contributed by atoms with Gasteiger partial charge in [0.1, 0.15) is 17.5 Å². The summed E-state index contributed by atoms with van der Waals surface area (Å²) in [6.07, 6.45) is 5.54. The summed E-state index contributed by atoms with van der Waals surface area (Å²) in [5.74, 6) is -0.992. The van der Waals surface area contributed by atoms with Gasteiger partial charge in [-0.2, -0.15) is 5.10 Å². The van der Waals surface area contributed by atoms with E-state index >= 15 is 0 Å². The number of aryl methyl sites for hydroxylation is 1. The SMILES string of the molecule is CCC(CO)Nc1ncc(-c2cnn(C)c2)c2c(F)cc(F)cc12. The van der Waals surface area contributed by atoms with E-state index in [9.17, 15) is 13.9 Å². The van der Waals surface area contributed by atoms with E-state index in [2.05, 4.69) is 15.4 Å². The topological polar surface area (TPSA) is 63.0 Å². The average Bonchev–Trinajstić information content (AvgIpc) is 2.98. The van der Waals surface area contributed by atoms with E-state index in [4.69, 9.17) is 0 Å². The number of anilines is 1. The molecular formula is C17H18F2N4O. The second-order valence-corrected chi connectivity index (χ2v) is 5.67. The fourth-order valence-corrected chi connectivity index (χ4v) is 2.66. The van der Waals surface area contributed by atoms with Crippen LogP contribution in [0.1, 0.15) is 13.3 Å². The number of hydrogen-bond acceptors (Lipinski definition) is 4. The first-order valence-corrected chi connectivity index (χ1v) is 7.67. The van der Waals surface area contributed by atoms with E-state index < -0.39 is 11.6 Å². The van der Waals surface area contributed by atoms with Gasteiger partial charge >= 0.3 is 0 Å². The molecule has 126 valence electrons. The number of aromatic nitrogens is 3. The van der Waals surface area contributed by atoms with E-state index in [0.717, 1.165) is 6.07 Å². The lowest BCUT2D eigenvalue weighted by Gasteiger charge is -2.17. The quantitative estimate of drug-likeness (QED) is 0.754. The minimum absolute atomic E-state index is 0.0954. The van der Waals surface area contributed by atoms with Gasteiger partial charge in [0, 0.05) is 47.4 Å². The van der Waals surface area contributed by atoms with E-state index in [1.54, 1.807) is 24.1 Å². The van der Waals surface area contributed by atoms with Crippen molar-refractivity contribution >= 4 is 16.6 Å². The Hall–Kier alpha value is -2.54. The first-order chi connectivity index (χ1) is 11.5. The van der Waals surface area contributed by atoms with Gasteiger partial charge in [0.15, 0.2) is 0 Å². The van der Waals surface area contributed by atoms with Gasteiger partial charge in [-0.25, -0.2) is 13.8 Å². The van der Waals surface area contributed by atoms with E-state index in [1.807, 2.05) is 6.92 Å². The molecule has 1 atom stereocenters. The molecule has 0 bridgehead atoms. The van der Waals surface area contributed by atoms with Crippen LogP contribution in [0.2, 0.25) is 0 Å². The zero-order chi connectivity index (χ0) is 17.3. The summed E-state index contributed by atoms with van der Waals surface area (Å²) >= 11 is 0. The zero-order valence-corrected chi connectivity index (χ0v) is 13.4. The Labute approximate surface area is 137 Å². The summed E-state index contributed by atoms with van der Waals surface area (Å²) in [4.78, 5) is 4.32. The Morgan fingerprint density at radius 2 is 2.08 bits per heavy atom. The summed E-state index contributed by atoms with van der Waals surface area (Å²) in [7, 11) is 1.76. The molecule has 0 saturated heterocycles. The molecule has 0 aliphatic rings. The molecule has 5 nitrogen and oxygen atoms in total. The van der Waals surface area contributed by atoms with Gasteiger partial charge < -0.3 is 10.4 Å². The highest BCUT2D eigenvalue weighted by Gasteiger charge is 2.17. The van der Waals surface area contributed by atoms with Crippen molar-refractivity contribution in [1.82, 2.24) is 14.8 Å². The van der Waals surface area contributed by atoms with Crippen molar-refractivity contribution in [2.24, 2.45) is 7.05 Å². The minimum atomic E-state index is -0.676. The van der Waals surface area contributed by atoms with E-state index in [0.29, 0.717) is 28.8 Å². The minimum Gasteiger partial charge on any atom is -0.394 e. The monoisotopic (exact) mass is 332 g/mol. The first-order valence-electron chi connectivity index (χ1n) is 7.67. The molecule has 7 heteroatoms. The van der Waals surface area contributed by atoms with Crippen molar-refractivity contribution in [3.63, 3.8) is 0 Å². The number of aliphatic hydroxyl groups is 1. The fourth-order valence-electron chi connectivity index (χ4n) is 2.66. The lowest BCUT2D eigenvalue weighted by Crippen LogP contribution is -2.23. The molecule has 0 aliphatic heterocycles. The highest BCUT2D eigenvalue weighted by Crippen LogP contribution is 2.34. The molecule has 24 heavy (non-hydrogen) atoms. The van der Waals surface area contributed by atoms with Crippen molar-refractivity contribution in [2.45, 2.75) is 19.4 Å². The molecule has 1 unspecified atom stereocenters. The maximum atomic E-state index is 14.5. The van der Waals surface area contributed by atoms with Crippen LogP contribution < -0.4 is 5.32 Å².